The van der Waals surface area contributed by atoms with Gasteiger partial charge < -0.3 is 14.3 Å². The first kappa shape index (κ1) is 17.2. The minimum absolute atomic E-state index is 0.136. The normalized spacial score (nSPS) is 20.4. The molecule has 1 fully saturated rings. The Kier molecular flexibility index (Phi) is 4.43. The average molecular weight is 371 g/mol. The maximum Gasteiger partial charge on any atom is 0.189 e. The van der Waals surface area contributed by atoms with Gasteiger partial charge in [0.05, 0.1) is 0 Å². The van der Waals surface area contributed by atoms with Crippen LogP contribution in [-0.2, 0) is 22.3 Å². The molecule has 3 aromatic rings. The van der Waals surface area contributed by atoms with Gasteiger partial charge in [-0.1, -0.05) is 65.8 Å². The first-order valence-corrected chi connectivity index (χ1v) is 9.60. The van der Waals surface area contributed by atoms with Crippen molar-refractivity contribution in [2.45, 2.75) is 32.3 Å². The SMILES string of the molecule is CC1OC(c2ccc(ON=C3c4ccccc4CCc4ccccc43)cc2)O1. The van der Waals surface area contributed by atoms with Crippen LogP contribution in [0.15, 0.2) is 78.0 Å². The molecule has 4 nitrogen and oxygen atoms in total. The summed E-state index contributed by atoms with van der Waals surface area (Å²) in [6.45, 7) is 1.88. The molecule has 5 rings (SSSR count). The van der Waals surface area contributed by atoms with Gasteiger partial charge >= 0.3 is 0 Å². The molecule has 140 valence electrons. The van der Waals surface area contributed by atoms with Crippen LogP contribution in [0.4, 0.5) is 0 Å². The van der Waals surface area contributed by atoms with E-state index < -0.39 is 0 Å². The van der Waals surface area contributed by atoms with E-state index in [1.165, 1.54) is 11.1 Å². The van der Waals surface area contributed by atoms with Crippen molar-refractivity contribution in [2.75, 3.05) is 0 Å². The number of rotatable bonds is 3. The van der Waals surface area contributed by atoms with Crippen LogP contribution in [0.25, 0.3) is 0 Å². The van der Waals surface area contributed by atoms with Gasteiger partial charge in [0.25, 0.3) is 0 Å². The Balaban J connectivity index is 1.46. The largest absolute Gasteiger partial charge is 0.356 e. The highest BCUT2D eigenvalue weighted by Crippen LogP contribution is 2.32. The lowest BCUT2D eigenvalue weighted by atomic mass is 9.98. The molecule has 1 heterocycles. The van der Waals surface area contributed by atoms with Crippen molar-refractivity contribution in [3.05, 3.63) is 101 Å². The van der Waals surface area contributed by atoms with E-state index in [0.29, 0.717) is 5.75 Å². The highest BCUT2D eigenvalue weighted by atomic mass is 16.9. The molecule has 0 atom stereocenters. The summed E-state index contributed by atoms with van der Waals surface area (Å²) in [7, 11) is 0. The van der Waals surface area contributed by atoms with Crippen molar-refractivity contribution in [3.63, 3.8) is 0 Å². The smallest absolute Gasteiger partial charge is 0.189 e. The standard InChI is InChI=1S/C24H21NO3/c1-16-26-24(27-16)19-12-14-20(15-13-19)28-25-23-21-8-4-2-6-17(21)10-11-18-7-3-5-9-22(18)23/h2-9,12-16,24H,10-11H2,1H3. The topological polar surface area (TPSA) is 40.0 Å². The molecule has 0 bridgehead atoms. The van der Waals surface area contributed by atoms with Gasteiger partial charge in [0.15, 0.2) is 18.3 Å². The lowest BCUT2D eigenvalue weighted by molar-refractivity contribution is -0.382. The lowest BCUT2D eigenvalue weighted by Gasteiger charge is -2.33. The van der Waals surface area contributed by atoms with Crippen LogP contribution in [0.1, 0.15) is 41.0 Å². The van der Waals surface area contributed by atoms with Gasteiger partial charge in [-0.2, -0.15) is 0 Å². The van der Waals surface area contributed by atoms with Crippen LogP contribution in [0, 0.1) is 0 Å². The molecule has 0 saturated carbocycles. The molecule has 0 spiro atoms. The zero-order valence-electron chi connectivity index (χ0n) is 15.7. The predicted octanol–water partition coefficient (Wildman–Crippen LogP) is 5.01. The molecule has 0 amide bonds. The number of ether oxygens (including phenoxy) is 2. The number of nitrogens with zero attached hydrogens (tertiary/aromatic N) is 1. The van der Waals surface area contributed by atoms with E-state index in [-0.39, 0.29) is 12.6 Å². The van der Waals surface area contributed by atoms with Crippen LogP contribution < -0.4 is 4.84 Å². The maximum atomic E-state index is 5.83. The molecule has 28 heavy (non-hydrogen) atoms. The van der Waals surface area contributed by atoms with Crippen molar-refractivity contribution < 1.29 is 14.3 Å². The fraction of sp³-hybridized carbons (Fsp3) is 0.208. The first-order valence-electron chi connectivity index (χ1n) is 9.60. The van der Waals surface area contributed by atoms with Crippen molar-refractivity contribution in [1.82, 2.24) is 0 Å². The zero-order valence-corrected chi connectivity index (χ0v) is 15.7. The molecular weight excluding hydrogens is 350 g/mol. The lowest BCUT2D eigenvalue weighted by Crippen LogP contribution is -2.31. The van der Waals surface area contributed by atoms with Crippen LogP contribution in [0.5, 0.6) is 5.75 Å². The van der Waals surface area contributed by atoms with Crippen molar-refractivity contribution in [2.24, 2.45) is 5.16 Å². The summed E-state index contributed by atoms with van der Waals surface area (Å²) in [6, 6.07) is 24.5. The second kappa shape index (κ2) is 7.23. The third-order valence-corrected chi connectivity index (χ3v) is 5.23. The minimum Gasteiger partial charge on any atom is -0.356 e. The van der Waals surface area contributed by atoms with Crippen molar-refractivity contribution in [1.29, 1.82) is 0 Å². The molecule has 1 saturated heterocycles. The summed E-state index contributed by atoms with van der Waals surface area (Å²) in [5.41, 5.74) is 6.72. The second-order valence-electron chi connectivity index (χ2n) is 7.09. The number of aryl methyl sites for hydroxylation is 2. The van der Waals surface area contributed by atoms with Gasteiger partial charge in [0.1, 0.15) is 5.71 Å². The second-order valence-corrected chi connectivity index (χ2v) is 7.09. The summed E-state index contributed by atoms with van der Waals surface area (Å²) in [4.78, 5) is 5.83. The molecule has 0 unspecified atom stereocenters. The van der Waals surface area contributed by atoms with Crippen molar-refractivity contribution >= 4 is 5.71 Å². The molecule has 0 radical (unpaired) electrons. The Morgan fingerprint density at radius 1 is 0.786 bits per heavy atom. The van der Waals surface area contributed by atoms with E-state index >= 15 is 0 Å². The van der Waals surface area contributed by atoms with E-state index in [1.54, 1.807) is 0 Å². The van der Waals surface area contributed by atoms with E-state index in [9.17, 15) is 0 Å². The van der Waals surface area contributed by atoms with Gasteiger partial charge in [0, 0.05) is 16.7 Å². The number of hydrogen-bond donors (Lipinski definition) is 0. The number of oxime groups is 1. The molecule has 0 N–H and O–H groups in total. The molecule has 1 aliphatic carbocycles. The van der Waals surface area contributed by atoms with Gasteiger partial charge in [-0.25, -0.2) is 0 Å². The predicted molar refractivity (Wildman–Crippen MR) is 107 cm³/mol. The quantitative estimate of drug-likeness (QED) is 0.608. The number of hydrogen-bond acceptors (Lipinski definition) is 4. The van der Waals surface area contributed by atoms with Crippen LogP contribution in [-0.4, -0.2) is 12.0 Å². The minimum atomic E-state index is -0.282. The third-order valence-electron chi connectivity index (χ3n) is 5.23. The maximum absolute atomic E-state index is 5.83. The Hall–Kier alpha value is -2.95. The van der Waals surface area contributed by atoms with Crippen LogP contribution in [0.2, 0.25) is 0 Å². The number of benzene rings is 3. The monoisotopic (exact) mass is 371 g/mol. The Morgan fingerprint density at radius 3 is 1.93 bits per heavy atom. The Bertz CT molecular complexity index is 971. The number of fused-ring (bicyclic) bond motifs is 2. The molecule has 4 heteroatoms. The summed E-state index contributed by atoms with van der Waals surface area (Å²) in [5, 5.41) is 4.57. The zero-order chi connectivity index (χ0) is 18.9. The van der Waals surface area contributed by atoms with Crippen LogP contribution >= 0.6 is 0 Å². The van der Waals surface area contributed by atoms with Gasteiger partial charge in [-0.15, -0.1) is 0 Å². The van der Waals surface area contributed by atoms with Gasteiger partial charge in [-0.3, -0.25) is 0 Å². The Labute approximate surface area is 164 Å². The molecule has 1 aliphatic heterocycles. The van der Waals surface area contributed by atoms with E-state index in [1.807, 2.05) is 31.2 Å². The summed E-state index contributed by atoms with van der Waals surface area (Å²) in [5.74, 6) is 0.683. The molecule has 2 aliphatic rings. The first-order chi connectivity index (χ1) is 13.8. The van der Waals surface area contributed by atoms with E-state index in [4.69, 9.17) is 14.3 Å². The van der Waals surface area contributed by atoms with Crippen LogP contribution in [0.3, 0.4) is 0 Å². The fourth-order valence-electron chi connectivity index (χ4n) is 3.75. The molecular formula is C24H21NO3. The molecule has 0 aromatic heterocycles. The average Bonchev–Trinajstić information content (AvgIpc) is 2.87. The Morgan fingerprint density at radius 2 is 1.36 bits per heavy atom. The highest BCUT2D eigenvalue weighted by Gasteiger charge is 2.28. The summed E-state index contributed by atoms with van der Waals surface area (Å²) < 4.78 is 11.0. The summed E-state index contributed by atoms with van der Waals surface area (Å²) in [6.07, 6.45) is 1.58. The van der Waals surface area contributed by atoms with Crippen molar-refractivity contribution in [3.8, 4) is 5.75 Å². The van der Waals surface area contributed by atoms with Gasteiger partial charge in [-0.05, 0) is 43.0 Å². The highest BCUT2D eigenvalue weighted by molar-refractivity contribution is 6.14. The van der Waals surface area contributed by atoms with E-state index in [0.717, 1.165) is 35.2 Å². The van der Waals surface area contributed by atoms with E-state index in [2.05, 4.69) is 53.7 Å². The summed E-state index contributed by atoms with van der Waals surface area (Å²) >= 11 is 0. The fourth-order valence-corrected chi connectivity index (χ4v) is 3.75. The van der Waals surface area contributed by atoms with Gasteiger partial charge in [0.2, 0.25) is 0 Å². The molecule has 3 aromatic carbocycles. The third kappa shape index (κ3) is 3.21.